The standard InChI is InChI=1S/C12H17NO/c1-8(2)6-11-9-4-3-5-12(14)10(9)7-13-11/h3-5,8,11,13-14H,6-7H2,1-2H3. The zero-order chi connectivity index (χ0) is 10.1. The van der Waals surface area contributed by atoms with Crippen molar-refractivity contribution in [2.75, 3.05) is 0 Å². The fourth-order valence-corrected chi connectivity index (χ4v) is 2.13. The van der Waals surface area contributed by atoms with Crippen LogP contribution in [0.3, 0.4) is 0 Å². The molecule has 0 bridgehead atoms. The third-order valence-electron chi connectivity index (χ3n) is 2.80. The molecule has 2 nitrogen and oxygen atoms in total. The van der Waals surface area contributed by atoms with Crippen molar-refractivity contribution in [1.29, 1.82) is 0 Å². The smallest absolute Gasteiger partial charge is 0.120 e. The number of rotatable bonds is 2. The first-order valence-corrected chi connectivity index (χ1v) is 5.22. The van der Waals surface area contributed by atoms with E-state index in [0.29, 0.717) is 17.7 Å². The Morgan fingerprint density at radius 3 is 3.00 bits per heavy atom. The quantitative estimate of drug-likeness (QED) is 0.753. The van der Waals surface area contributed by atoms with Gasteiger partial charge in [0.2, 0.25) is 0 Å². The highest BCUT2D eigenvalue weighted by Gasteiger charge is 2.24. The van der Waals surface area contributed by atoms with E-state index in [1.807, 2.05) is 6.07 Å². The average Bonchev–Trinajstić information content (AvgIpc) is 2.49. The second-order valence-corrected chi connectivity index (χ2v) is 4.41. The Kier molecular flexibility index (Phi) is 2.46. The molecule has 0 fully saturated rings. The zero-order valence-corrected chi connectivity index (χ0v) is 8.75. The largest absolute Gasteiger partial charge is 0.508 e. The summed E-state index contributed by atoms with van der Waals surface area (Å²) in [6.07, 6.45) is 1.14. The average molecular weight is 191 g/mol. The van der Waals surface area contributed by atoms with Crippen LogP contribution in [0, 0.1) is 5.92 Å². The van der Waals surface area contributed by atoms with Crippen LogP contribution in [0.1, 0.15) is 37.4 Å². The molecular weight excluding hydrogens is 174 g/mol. The second-order valence-electron chi connectivity index (χ2n) is 4.41. The molecule has 0 saturated heterocycles. The monoisotopic (exact) mass is 191 g/mol. The van der Waals surface area contributed by atoms with Crippen LogP contribution in [0.4, 0.5) is 0 Å². The fraction of sp³-hybridized carbons (Fsp3) is 0.500. The Morgan fingerprint density at radius 1 is 1.50 bits per heavy atom. The maximum atomic E-state index is 9.64. The summed E-state index contributed by atoms with van der Waals surface area (Å²) in [4.78, 5) is 0. The Bertz CT molecular complexity index is 333. The Balaban J connectivity index is 2.26. The van der Waals surface area contributed by atoms with E-state index in [9.17, 15) is 5.11 Å². The Morgan fingerprint density at radius 2 is 2.29 bits per heavy atom. The molecule has 14 heavy (non-hydrogen) atoms. The van der Waals surface area contributed by atoms with Crippen molar-refractivity contribution in [3.05, 3.63) is 29.3 Å². The van der Waals surface area contributed by atoms with E-state index in [1.165, 1.54) is 5.56 Å². The summed E-state index contributed by atoms with van der Waals surface area (Å²) >= 11 is 0. The molecule has 76 valence electrons. The third kappa shape index (κ3) is 1.62. The zero-order valence-electron chi connectivity index (χ0n) is 8.75. The van der Waals surface area contributed by atoms with Gasteiger partial charge in [-0.15, -0.1) is 0 Å². The van der Waals surface area contributed by atoms with E-state index in [4.69, 9.17) is 0 Å². The SMILES string of the molecule is CC(C)CC1NCc2c(O)cccc21. The summed E-state index contributed by atoms with van der Waals surface area (Å²) in [5, 5.41) is 13.1. The van der Waals surface area contributed by atoms with Crippen molar-refractivity contribution in [2.45, 2.75) is 32.9 Å². The van der Waals surface area contributed by atoms with Crippen LogP contribution >= 0.6 is 0 Å². The maximum Gasteiger partial charge on any atom is 0.120 e. The summed E-state index contributed by atoms with van der Waals surface area (Å²) in [6, 6.07) is 6.23. The van der Waals surface area contributed by atoms with Gasteiger partial charge in [-0.05, 0) is 24.0 Å². The minimum atomic E-state index is 0.428. The lowest BCUT2D eigenvalue weighted by Crippen LogP contribution is -2.13. The van der Waals surface area contributed by atoms with Crippen molar-refractivity contribution < 1.29 is 5.11 Å². The molecule has 0 spiro atoms. The number of fused-ring (bicyclic) bond motifs is 1. The van der Waals surface area contributed by atoms with Crippen molar-refractivity contribution in [3.8, 4) is 5.75 Å². The molecule has 1 aromatic rings. The van der Waals surface area contributed by atoms with Crippen LogP contribution in [0.5, 0.6) is 5.75 Å². The number of hydrogen-bond donors (Lipinski definition) is 2. The molecule has 1 aromatic carbocycles. The van der Waals surface area contributed by atoms with Crippen LogP contribution in [0.25, 0.3) is 0 Å². The van der Waals surface area contributed by atoms with E-state index < -0.39 is 0 Å². The molecule has 0 aliphatic carbocycles. The van der Waals surface area contributed by atoms with E-state index in [-0.39, 0.29) is 0 Å². The molecule has 1 aliphatic rings. The Labute approximate surface area is 85.0 Å². The second kappa shape index (κ2) is 3.62. The van der Waals surface area contributed by atoms with Gasteiger partial charge in [0.15, 0.2) is 0 Å². The summed E-state index contributed by atoms with van der Waals surface area (Å²) in [5.41, 5.74) is 2.36. The predicted molar refractivity (Wildman–Crippen MR) is 57.1 cm³/mol. The third-order valence-corrected chi connectivity index (χ3v) is 2.80. The number of nitrogens with one attached hydrogen (secondary N) is 1. The molecule has 0 aromatic heterocycles. The maximum absolute atomic E-state index is 9.64. The summed E-state index contributed by atoms with van der Waals surface area (Å²) in [5.74, 6) is 1.11. The highest BCUT2D eigenvalue weighted by Crippen LogP contribution is 2.34. The van der Waals surface area contributed by atoms with Gasteiger partial charge in [0.05, 0.1) is 0 Å². The van der Waals surface area contributed by atoms with Gasteiger partial charge in [-0.1, -0.05) is 26.0 Å². The van der Waals surface area contributed by atoms with Gasteiger partial charge in [0.1, 0.15) is 5.75 Å². The van der Waals surface area contributed by atoms with Gasteiger partial charge < -0.3 is 10.4 Å². The van der Waals surface area contributed by atoms with Crippen molar-refractivity contribution in [3.63, 3.8) is 0 Å². The van der Waals surface area contributed by atoms with E-state index in [1.54, 1.807) is 6.07 Å². The molecule has 0 radical (unpaired) electrons. The molecule has 2 rings (SSSR count). The first kappa shape index (κ1) is 9.53. The van der Waals surface area contributed by atoms with Gasteiger partial charge in [0.25, 0.3) is 0 Å². The highest BCUT2D eigenvalue weighted by molar-refractivity contribution is 5.43. The van der Waals surface area contributed by atoms with Crippen LogP contribution < -0.4 is 5.32 Å². The molecule has 0 saturated carbocycles. The normalized spacial score (nSPS) is 20.1. The lowest BCUT2D eigenvalue weighted by Gasteiger charge is -2.14. The minimum absolute atomic E-state index is 0.428. The summed E-state index contributed by atoms with van der Waals surface area (Å²) < 4.78 is 0. The summed E-state index contributed by atoms with van der Waals surface area (Å²) in [7, 11) is 0. The van der Waals surface area contributed by atoms with Crippen molar-refractivity contribution >= 4 is 0 Å². The Hall–Kier alpha value is -1.02. The minimum Gasteiger partial charge on any atom is -0.508 e. The fourth-order valence-electron chi connectivity index (χ4n) is 2.13. The van der Waals surface area contributed by atoms with E-state index in [0.717, 1.165) is 18.5 Å². The van der Waals surface area contributed by atoms with E-state index >= 15 is 0 Å². The molecular formula is C12H17NO. The van der Waals surface area contributed by atoms with Crippen LogP contribution in [0.2, 0.25) is 0 Å². The van der Waals surface area contributed by atoms with Crippen LogP contribution in [-0.2, 0) is 6.54 Å². The van der Waals surface area contributed by atoms with Gasteiger partial charge in [-0.2, -0.15) is 0 Å². The highest BCUT2D eigenvalue weighted by atomic mass is 16.3. The van der Waals surface area contributed by atoms with E-state index in [2.05, 4.69) is 25.2 Å². The van der Waals surface area contributed by atoms with Crippen LogP contribution in [0.15, 0.2) is 18.2 Å². The van der Waals surface area contributed by atoms with Gasteiger partial charge in [-0.3, -0.25) is 0 Å². The van der Waals surface area contributed by atoms with Crippen LogP contribution in [-0.4, -0.2) is 5.11 Å². The van der Waals surface area contributed by atoms with Gasteiger partial charge >= 0.3 is 0 Å². The topological polar surface area (TPSA) is 32.3 Å². The lowest BCUT2D eigenvalue weighted by atomic mass is 9.97. The molecule has 1 unspecified atom stereocenters. The van der Waals surface area contributed by atoms with Crippen molar-refractivity contribution in [1.82, 2.24) is 5.32 Å². The molecule has 2 heteroatoms. The number of phenols is 1. The molecule has 1 aliphatic heterocycles. The first-order chi connectivity index (χ1) is 6.68. The van der Waals surface area contributed by atoms with Crippen molar-refractivity contribution in [2.24, 2.45) is 5.92 Å². The predicted octanol–water partition coefficient (Wildman–Crippen LogP) is 2.58. The lowest BCUT2D eigenvalue weighted by molar-refractivity contribution is 0.453. The summed E-state index contributed by atoms with van der Waals surface area (Å²) in [6.45, 7) is 5.25. The molecule has 2 N–H and O–H groups in total. The van der Waals surface area contributed by atoms with Gasteiger partial charge in [-0.25, -0.2) is 0 Å². The van der Waals surface area contributed by atoms with Gasteiger partial charge in [0, 0.05) is 18.2 Å². The number of phenolic OH excluding ortho intramolecular Hbond substituents is 1. The molecule has 0 amide bonds. The molecule has 1 heterocycles. The number of hydrogen-bond acceptors (Lipinski definition) is 2. The number of aromatic hydroxyl groups is 1. The first-order valence-electron chi connectivity index (χ1n) is 5.22. The number of benzene rings is 1. The molecule has 1 atom stereocenters.